The molecule has 1 fully saturated rings. The number of rotatable bonds is 3. The zero-order valence-corrected chi connectivity index (χ0v) is 9.90. The summed E-state index contributed by atoms with van der Waals surface area (Å²) in [5.41, 5.74) is 8.23. The minimum atomic E-state index is -0.00257. The topological polar surface area (TPSA) is 44.5 Å². The highest BCUT2D eigenvalue weighted by Crippen LogP contribution is 2.27. The average molecular weight is 221 g/mol. The molecule has 1 aliphatic rings. The molecule has 2 atom stereocenters. The molecule has 88 valence electrons. The fourth-order valence-electron chi connectivity index (χ4n) is 1.92. The smallest absolute Gasteiger partial charge is 0.124 e. The van der Waals surface area contributed by atoms with Gasteiger partial charge >= 0.3 is 0 Å². The van der Waals surface area contributed by atoms with Gasteiger partial charge in [0.2, 0.25) is 0 Å². The van der Waals surface area contributed by atoms with Crippen LogP contribution in [0.1, 0.15) is 30.5 Å². The van der Waals surface area contributed by atoms with Gasteiger partial charge in [-0.05, 0) is 19.9 Å². The van der Waals surface area contributed by atoms with Gasteiger partial charge in [0.05, 0.1) is 13.2 Å². The molecule has 0 saturated carbocycles. The molecule has 0 amide bonds. The summed E-state index contributed by atoms with van der Waals surface area (Å²) < 4.78 is 11.2. The Labute approximate surface area is 96.5 Å². The molecule has 1 aliphatic heterocycles. The van der Waals surface area contributed by atoms with Crippen molar-refractivity contribution < 1.29 is 9.47 Å². The van der Waals surface area contributed by atoms with Gasteiger partial charge in [-0.1, -0.05) is 17.7 Å². The Morgan fingerprint density at radius 1 is 1.50 bits per heavy atom. The van der Waals surface area contributed by atoms with E-state index in [1.165, 1.54) is 5.56 Å². The summed E-state index contributed by atoms with van der Waals surface area (Å²) in [5, 5.41) is 0. The van der Waals surface area contributed by atoms with Crippen molar-refractivity contribution in [1.29, 1.82) is 0 Å². The van der Waals surface area contributed by atoms with Crippen molar-refractivity contribution in [3.8, 4) is 5.75 Å². The van der Waals surface area contributed by atoms with Gasteiger partial charge in [0.1, 0.15) is 11.9 Å². The summed E-state index contributed by atoms with van der Waals surface area (Å²) in [7, 11) is 0. The van der Waals surface area contributed by atoms with E-state index in [1.807, 2.05) is 13.0 Å². The third-order valence-electron chi connectivity index (χ3n) is 2.84. The van der Waals surface area contributed by atoms with Crippen LogP contribution in [0.3, 0.4) is 0 Å². The molecule has 3 nitrogen and oxygen atoms in total. The van der Waals surface area contributed by atoms with Crippen LogP contribution < -0.4 is 10.5 Å². The van der Waals surface area contributed by atoms with Gasteiger partial charge in [-0.25, -0.2) is 0 Å². The van der Waals surface area contributed by atoms with Crippen molar-refractivity contribution in [2.75, 3.05) is 13.2 Å². The van der Waals surface area contributed by atoms with Crippen LogP contribution >= 0.6 is 0 Å². The predicted octanol–water partition coefficient (Wildman–Crippen LogP) is 2.18. The van der Waals surface area contributed by atoms with Crippen molar-refractivity contribution in [3.63, 3.8) is 0 Å². The van der Waals surface area contributed by atoms with Gasteiger partial charge in [0.15, 0.2) is 0 Å². The van der Waals surface area contributed by atoms with E-state index in [9.17, 15) is 0 Å². The molecule has 0 aliphatic carbocycles. The second-order valence-electron chi connectivity index (χ2n) is 4.43. The van der Waals surface area contributed by atoms with E-state index in [2.05, 4.69) is 19.1 Å². The van der Waals surface area contributed by atoms with Crippen molar-refractivity contribution >= 4 is 0 Å². The van der Waals surface area contributed by atoms with E-state index in [-0.39, 0.29) is 12.1 Å². The minimum Gasteiger partial charge on any atom is -0.488 e. The summed E-state index contributed by atoms with van der Waals surface area (Å²) in [6.07, 6.45) is 1.15. The number of aryl methyl sites for hydroxylation is 1. The van der Waals surface area contributed by atoms with E-state index >= 15 is 0 Å². The van der Waals surface area contributed by atoms with Crippen LogP contribution in [0.25, 0.3) is 0 Å². The number of ether oxygens (including phenoxy) is 2. The van der Waals surface area contributed by atoms with Gasteiger partial charge in [-0.2, -0.15) is 0 Å². The Hall–Kier alpha value is -1.06. The summed E-state index contributed by atoms with van der Waals surface area (Å²) >= 11 is 0. The standard InChI is InChI=1S/C13H19NO2/c1-9-3-4-13(12(7-9)10(2)14)16-11-5-6-15-8-11/h3-4,7,10-11H,5-6,8,14H2,1-2H3/t10-,11?/m1/s1. The zero-order chi connectivity index (χ0) is 11.5. The van der Waals surface area contributed by atoms with Gasteiger partial charge < -0.3 is 15.2 Å². The van der Waals surface area contributed by atoms with Crippen LogP contribution in [0.15, 0.2) is 18.2 Å². The number of benzene rings is 1. The van der Waals surface area contributed by atoms with E-state index < -0.39 is 0 Å². The summed E-state index contributed by atoms with van der Waals surface area (Å²) in [5.74, 6) is 0.899. The van der Waals surface area contributed by atoms with Crippen molar-refractivity contribution in [3.05, 3.63) is 29.3 Å². The highest BCUT2D eigenvalue weighted by molar-refractivity contribution is 5.38. The average Bonchev–Trinajstić information content (AvgIpc) is 2.73. The normalized spacial score (nSPS) is 22.1. The lowest BCUT2D eigenvalue weighted by Crippen LogP contribution is -2.18. The van der Waals surface area contributed by atoms with E-state index in [0.29, 0.717) is 6.61 Å². The number of hydrogen-bond donors (Lipinski definition) is 1. The van der Waals surface area contributed by atoms with Gasteiger partial charge in [-0.3, -0.25) is 0 Å². The Morgan fingerprint density at radius 2 is 2.31 bits per heavy atom. The SMILES string of the molecule is Cc1ccc(OC2CCOC2)c([C@@H](C)N)c1. The second kappa shape index (κ2) is 4.85. The fourth-order valence-corrected chi connectivity index (χ4v) is 1.92. The maximum absolute atomic E-state index is 5.95. The Bertz CT molecular complexity index is 357. The summed E-state index contributed by atoms with van der Waals surface area (Å²) in [6, 6.07) is 6.15. The van der Waals surface area contributed by atoms with Crippen LogP contribution in [0.2, 0.25) is 0 Å². The maximum Gasteiger partial charge on any atom is 0.124 e. The molecule has 0 radical (unpaired) electrons. The summed E-state index contributed by atoms with van der Waals surface area (Å²) in [4.78, 5) is 0. The van der Waals surface area contributed by atoms with Crippen LogP contribution in [-0.4, -0.2) is 19.3 Å². The molecule has 0 aromatic heterocycles. The number of nitrogens with two attached hydrogens (primary N) is 1. The highest BCUT2D eigenvalue weighted by atomic mass is 16.5. The lowest BCUT2D eigenvalue weighted by atomic mass is 10.0. The highest BCUT2D eigenvalue weighted by Gasteiger charge is 2.19. The Morgan fingerprint density at radius 3 is 2.94 bits per heavy atom. The van der Waals surface area contributed by atoms with E-state index in [4.69, 9.17) is 15.2 Å². The van der Waals surface area contributed by atoms with Crippen molar-refractivity contribution in [2.24, 2.45) is 5.73 Å². The monoisotopic (exact) mass is 221 g/mol. The first-order valence-corrected chi connectivity index (χ1v) is 5.77. The minimum absolute atomic E-state index is 0.00257. The molecule has 16 heavy (non-hydrogen) atoms. The molecule has 1 aromatic rings. The van der Waals surface area contributed by atoms with Crippen molar-refractivity contribution in [2.45, 2.75) is 32.4 Å². The number of hydrogen-bond acceptors (Lipinski definition) is 3. The molecule has 0 bridgehead atoms. The molecule has 0 spiro atoms. The molecule has 1 unspecified atom stereocenters. The molecule has 2 rings (SSSR count). The summed E-state index contributed by atoms with van der Waals surface area (Å²) in [6.45, 7) is 5.53. The molecule has 1 heterocycles. The first kappa shape index (κ1) is 11.4. The Balaban J connectivity index is 2.18. The molecular formula is C13H19NO2. The lowest BCUT2D eigenvalue weighted by molar-refractivity contribution is 0.140. The van der Waals surface area contributed by atoms with Gasteiger partial charge in [0.25, 0.3) is 0 Å². The third kappa shape index (κ3) is 2.54. The van der Waals surface area contributed by atoms with Crippen LogP contribution in [0.4, 0.5) is 0 Å². The largest absolute Gasteiger partial charge is 0.488 e. The molecular weight excluding hydrogens is 202 g/mol. The van der Waals surface area contributed by atoms with E-state index in [0.717, 1.165) is 24.3 Å². The molecule has 2 N–H and O–H groups in total. The van der Waals surface area contributed by atoms with Gasteiger partial charge in [-0.15, -0.1) is 0 Å². The van der Waals surface area contributed by atoms with Crippen LogP contribution in [0, 0.1) is 6.92 Å². The van der Waals surface area contributed by atoms with Crippen molar-refractivity contribution in [1.82, 2.24) is 0 Å². The fraction of sp³-hybridized carbons (Fsp3) is 0.538. The van der Waals surface area contributed by atoms with Crippen LogP contribution in [0.5, 0.6) is 5.75 Å². The first-order chi connectivity index (χ1) is 7.66. The Kier molecular flexibility index (Phi) is 3.46. The molecule has 1 saturated heterocycles. The molecule has 3 heteroatoms. The zero-order valence-electron chi connectivity index (χ0n) is 9.90. The molecule has 1 aromatic carbocycles. The maximum atomic E-state index is 5.95. The van der Waals surface area contributed by atoms with Gasteiger partial charge in [0, 0.05) is 18.0 Å². The second-order valence-corrected chi connectivity index (χ2v) is 4.43. The quantitative estimate of drug-likeness (QED) is 0.850. The van der Waals surface area contributed by atoms with E-state index in [1.54, 1.807) is 0 Å². The first-order valence-electron chi connectivity index (χ1n) is 5.77. The van der Waals surface area contributed by atoms with Crippen LogP contribution in [-0.2, 0) is 4.74 Å². The predicted molar refractivity (Wildman–Crippen MR) is 63.6 cm³/mol. The lowest BCUT2D eigenvalue weighted by Gasteiger charge is -2.18. The third-order valence-corrected chi connectivity index (χ3v) is 2.84.